The number of aromatic nitrogens is 3. The average molecular weight is 369 g/mol. The molecule has 2 aromatic heterocycles. The second-order valence-electron chi connectivity index (χ2n) is 5.03. The van der Waals surface area contributed by atoms with E-state index in [0.29, 0.717) is 28.0 Å². The molecule has 0 aliphatic carbocycles. The molecule has 0 saturated heterocycles. The van der Waals surface area contributed by atoms with E-state index in [0.717, 1.165) is 5.56 Å². The summed E-state index contributed by atoms with van der Waals surface area (Å²) < 4.78 is 4.91. The highest BCUT2D eigenvalue weighted by Gasteiger charge is 2.10. The second kappa shape index (κ2) is 8.17. The lowest BCUT2D eigenvalue weighted by Gasteiger charge is -2.06. The highest BCUT2D eigenvalue weighted by atomic mass is 32.1. The number of hydrogen-bond acceptors (Lipinski definition) is 7. The van der Waals surface area contributed by atoms with E-state index in [1.54, 1.807) is 43.6 Å². The standard InChI is InChI=1S/C17H15N5O3S/c1-2-25-15(23)12-3-5-13(6-4-12)19-16(24)20-17-22-21-14(26-17)11-7-9-18-10-8-11/h3-10H,2H2,1H3,(H2,19,20,22,24). The highest BCUT2D eigenvalue weighted by Crippen LogP contribution is 2.25. The molecule has 26 heavy (non-hydrogen) atoms. The van der Waals surface area contributed by atoms with Gasteiger partial charge in [0.25, 0.3) is 0 Å². The van der Waals surface area contributed by atoms with Gasteiger partial charge < -0.3 is 10.1 Å². The Balaban J connectivity index is 1.59. The lowest BCUT2D eigenvalue weighted by atomic mass is 10.2. The molecule has 0 saturated carbocycles. The van der Waals surface area contributed by atoms with Gasteiger partial charge >= 0.3 is 12.0 Å². The van der Waals surface area contributed by atoms with Gasteiger partial charge in [0.15, 0.2) is 0 Å². The van der Waals surface area contributed by atoms with Gasteiger partial charge in [0.1, 0.15) is 5.01 Å². The number of rotatable bonds is 5. The molecule has 0 aliphatic heterocycles. The molecule has 9 heteroatoms. The van der Waals surface area contributed by atoms with Crippen LogP contribution in [0.1, 0.15) is 17.3 Å². The van der Waals surface area contributed by atoms with E-state index in [9.17, 15) is 9.59 Å². The van der Waals surface area contributed by atoms with Crippen LogP contribution in [0, 0.1) is 0 Å². The largest absolute Gasteiger partial charge is 0.462 e. The summed E-state index contributed by atoms with van der Waals surface area (Å²) in [4.78, 5) is 27.6. The number of urea groups is 1. The van der Waals surface area contributed by atoms with Crippen molar-refractivity contribution in [2.45, 2.75) is 6.92 Å². The fourth-order valence-electron chi connectivity index (χ4n) is 2.05. The first kappa shape index (κ1) is 17.5. The molecule has 2 N–H and O–H groups in total. The van der Waals surface area contributed by atoms with Crippen molar-refractivity contribution in [3.63, 3.8) is 0 Å². The molecule has 132 valence electrons. The van der Waals surface area contributed by atoms with E-state index in [1.165, 1.54) is 11.3 Å². The molecule has 3 rings (SSSR count). The lowest BCUT2D eigenvalue weighted by molar-refractivity contribution is 0.0526. The third-order valence-corrected chi connectivity index (χ3v) is 4.11. The smallest absolute Gasteiger partial charge is 0.338 e. The maximum atomic E-state index is 12.1. The third kappa shape index (κ3) is 4.39. The molecule has 2 heterocycles. The van der Waals surface area contributed by atoms with E-state index < -0.39 is 12.0 Å². The molecule has 0 atom stereocenters. The highest BCUT2D eigenvalue weighted by molar-refractivity contribution is 7.18. The Hall–Kier alpha value is -3.33. The normalized spacial score (nSPS) is 10.2. The summed E-state index contributed by atoms with van der Waals surface area (Å²) in [5.74, 6) is -0.402. The van der Waals surface area contributed by atoms with Crippen molar-refractivity contribution in [1.82, 2.24) is 15.2 Å². The number of benzene rings is 1. The Morgan fingerprint density at radius 3 is 2.46 bits per heavy atom. The Labute approximate surface area is 153 Å². The molecular formula is C17H15N5O3S. The Bertz CT molecular complexity index is 896. The van der Waals surface area contributed by atoms with Crippen molar-refractivity contribution in [2.24, 2.45) is 0 Å². The van der Waals surface area contributed by atoms with Crippen LogP contribution in [0.3, 0.4) is 0 Å². The first-order chi connectivity index (χ1) is 12.7. The fourth-order valence-corrected chi connectivity index (χ4v) is 2.79. The summed E-state index contributed by atoms with van der Waals surface area (Å²) in [5, 5.41) is 14.3. The van der Waals surface area contributed by atoms with Gasteiger partial charge in [-0.1, -0.05) is 11.3 Å². The molecule has 3 aromatic rings. The maximum absolute atomic E-state index is 12.1. The van der Waals surface area contributed by atoms with Crippen molar-refractivity contribution in [2.75, 3.05) is 17.2 Å². The van der Waals surface area contributed by atoms with E-state index in [2.05, 4.69) is 25.8 Å². The average Bonchev–Trinajstić information content (AvgIpc) is 3.11. The Morgan fingerprint density at radius 2 is 1.77 bits per heavy atom. The molecule has 0 aliphatic rings. The molecule has 1 aromatic carbocycles. The molecule has 2 amide bonds. The number of nitrogens with zero attached hydrogens (tertiary/aromatic N) is 3. The van der Waals surface area contributed by atoms with Gasteiger partial charge in [0.05, 0.1) is 12.2 Å². The van der Waals surface area contributed by atoms with Crippen LogP contribution in [0.5, 0.6) is 0 Å². The number of esters is 1. The quantitative estimate of drug-likeness (QED) is 0.668. The minimum absolute atomic E-state index is 0.310. The summed E-state index contributed by atoms with van der Waals surface area (Å²) >= 11 is 1.25. The van der Waals surface area contributed by atoms with Gasteiger partial charge in [-0.05, 0) is 43.3 Å². The summed E-state index contributed by atoms with van der Waals surface area (Å²) in [6, 6.07) is 9.58. The molecule has 0 bridgehead atoms. The van der Waals surface area contributed by atoms with Crippen molar-refractivity contribution in [3.8, 4) is 10.6 Å². The van der Waals surface area contributed by atoms with Crippen LogP contribution in [0.2, 0.25) is 0 Å². The fraction of sp³-hybridized carbons (Fsp3) is 0.118. The minimum Gasteiger partial charge on any atom is -0.462 e. The number of carbonyl (C=O) groups excluding carboxylic acids is 2. The van der Waals surface area contributed by atoms with Crippen LogP contribution in [-0.2, 0) is 4.74 Å². The zero-order valence-corrected chi connectivity index (χ0v) is 14.6. The topological polar surface area (TPSA) is 106 Å². The van der Waals surface area contributed by atoms with Crippen LogP contribution in [-0.4, -0.2) is 33.8 Å². The zero-order chi connectivity index (χ0) is 18.4. The molecule has 8 nitrogen and oxygen atoms in total. The first-order valence-corrected chi connectivity index (χ1v) is 8.56. The number of anilines is 2. The number of amides is 2. The summed E-state index contributed by atoms with van der Waals surface area (Å²) in [6.07, 6.45) is 3.33. The van der Waals surface area contributed by atoms with Crippen molar-refractivity contribution in [1.29, 1.82) is 0 Å². The molecule has 0 unspecified atom stereocenters. The van der Waals surface area contributed by atoms with Crippen molar-refractivity contribution >= 4 is 34.2 Å². The number of hydrogen-bond donors (Lipinski definition) is 2. The monoisotopic (exact) mass is 369 g/mol. The van der Waals surface area contributed by atoms with E-state index >= 15 is 0 Å². The first-order valence-electron chi connectivity index (χ1n) is 7.75. The molecule has 0 radical (unpaired) electrons. The summed E-state index contributed by atoms with van der Waals surface area (Å²) in [6.45, 7) is 2.05. The summed E-state index contributed by atoms with van der Waals surface area (Å²) in [5.41, 5.74) is 1.83. The maximum Gasteiger partial charge on any atom is 0.338 e. The Morgan fingerprint density at radius 1 is 1.04 bits per heavy atom. The van der Waals surface area contributed by atoms with Gasteiger partial charge in [-0.15, -0.1) is 10.2 Å². The molecule has 0 fully saturated rings. The van der Waals surface area contributed by atoms with E-state index in [-0.39, 0.29) is 0 Å². The number of ether oxygens (including phenoxy) is 1. The van der Waals surface area contributed by atoms with Gasteiger partial charge in [0, 0.05) is 23.6 Å². The van der Waals surface area contributed by atoms with Crippen molar-refractivity contribution < 1.29 is 14.3 Å². The number of nitrogens with one attached hydrogen (secondary N) is 2. The van der Waals surface area contributed by atoms with Crippen LogP contribution >= 0.6 is 11.3 Å². The predicted molar refractivity (Wildman–Crippen MR) is 98.2 cm³/mol. The lowest BCUT2D eigenvalue weighted by Crippen LogP contribution is -2.19. The van der Waals surface area contributed by atoms with Gasteiger partial charge in [-0.3, -0.25) is 10.3 Å². The van der Waals surface area contributed by atoms with Crippen molar-refractivity contribution in [3.05, 3.63) is 54.4 Å². The van der Waals surface area contributed by atoms with Crippen LogP contribution in [0.25, 0.3) is 10.6 Å². The molecular weight excluding hydrogens is 354 g/mol. The predicted octanol–water partition coefficient (Wildman–Crippen LogP) is 3.42. The Kier molecular flexibility index (Phi) is 5.49. The number of pyridine rings is 1. The van der Waals surface area contributed by atoms with Gasteiger partial charge in [-0.25, -0.2) is 9.59 Å². The van der Waals surface area contributed by atoms with Gasteiger partial charge in [-0.2, -0.15) is 0 Å². The SMILES string of the molecule is CCOC(=O)c1ccc(NC(=O)Nc2nnc(-c3ccncc3)s2)cc1. The number of carbonyl (C=O) groups is 2. The third-order valence-electron chi connectivity index (χ3n) is 3.23. The van der Waals surface area contributed by atoms with Crippen LogP contribution in [0.15, 0.2) is 48.8 Å². The zero-order valence-electron chi connectivity index (χ0n) is 13.8. The van der Waals surface area contributed by atoms with Gasteiger partial charge in [0.2, 0.25) is 5.13 Å². The second-order valence-corrected chi connectivity index (χ2v) is 6.00. The van der Waals surface area contributed by atoms with E-state index in [1.807, 2.05) is 12.1 Å². The van der Waals surface area contributed by atoms with Crippen LogP contribution < -0.4 is 10.6 Å². The summed E-state index contributed by atoms with van der Waals surface area (Å²) in [7, 11) is 0. The minimum atomic E-state index is -0.452. The van der Waals surface area contributed by atoms with E-state index in [4.69, 9.17) is 4.74 Å². The molecule has 0 spiro atoms. The van der Waals surface area contributed by atoms with Crippen LogP contribution in [0.4, 0.5) is 15.6 Å².